The molecule has 2 N–H and O–H groups in total. The largest absolute Gasteiger partial charge is 0.445 e. The number of urea groups is 1. The molecule has 30 heavy (non-hydrogen) atoms. The normalized spacial score (nSPS) is 11.2. The molecule has 0 aliphatic heterocycles. The van der Waals surface area contributed by atoms with Crippen molar-refractivity contribution in [2.24, 2.45) is 0 Å². The molecule has 3 aromatic rings. The summed E-state index contributed by atoms with van der Waals surface area (Å²) in [5.41, 5.74) is 0.304. The first-order chi connectivity index (χ1) is 14.2. The lowest BCUT2D eigenvalue weighted by atomic mass is 10.3. The number of anilines is 2. The number of carbonyl (C=O) groups excluding carboxylic acids is 1. The standard InChI is InChI=1S/C18H16ClFN4O4S2/c1-21-30(26,27)15-9-12(6-7-14(15)19)24(2)18(25)23-17-22-10-16(29-17)28-13-5-3-4-11(20)8-13/h3-10,21H,1-2H3,(H,22,23,25). The van der Waals surface area contributed by atoms with Gasteiger partial charge in [-0.2, -0.15) is 0 Å². The van der Waals surface area contributed by atoms with Crippen molar-refractivity contribution in [2.75, 3.05) is 24.3 Å². The Morgan fingerprint density at radius 2 is 2.03 bits per heavy atom. The van der Waals surface area contributed by atoms with Crippen molar-refractivity contribution in [3.05, 3.63) is 59.5 Å². The van der Waals surface area contributed by atoms with Gasteiger partial charge in [0.15, 0.2) is 5.13 Å². The van der Waals surface area contributed by atoms with Crippen molar-refractivity contribution in [3.63, 3.8) is 0 Å². The smallest absolute Gasteiger partial charge is 0.327 e. The maximum Gasteiger partial charge on any atom is 0.327 e. The Hall–Kier alpha value is -2.73. The Morgan fingerprint density at radius 1 is 1.27 bits per heavy atom. The molecule has 0 spiro atoms. The Morgan fingerprint density at radius 3 is 2.73 bits per heavy atom. The van der Waals surface area contributed by atoms with Crippen LogP contribution in [-0.2, 0) is 10.0 Å². The van der Waals surface area contributed by atoms with Crippen molar-refractivity contribution in [2.45, 2.75) is 4.90 Å². The molecule has 1 aromatic heterocycles. The van der Waals surface area contributed by atoms with E-state index in [9.17, 15) is 17.6 Å². The lowest BCUT2D eigenvalue weighted by Crippen LogP contribution is -2.31. The molecule has 2 aromatic carbocycles. The second-order valence-corrected chi connectivity index (χ2v) is 9.11. The highest BCUT2D eigenvalue weighted by atomic mass is 35.5. The number of amides is 2. The molecule has 12 heteroatoms. The third-order valence-corrected chi connectivity index (χ3v) is 6.56. The lowest BCUT2D eigenvalue weighted by molar-refractivity contribution is 0.258. The van der Waals surface area contributed by atoms with Gasteiger partial charge in [0.1, 0.15) is 16.5 Å². The molecule has 0 atom stereocenters. The fraction of sp³-hybridized carbons (Fsp3) is 0.111. The number of carbonyl (C=O) groups is 1. The highest BCUT2D eigenvalue weighted by Crippen LogP contribution is 2.31. The van der Waals surface area contributed by atoms with Crippen LogP contribution in [-0.4, -0.2) is 33.5 Å². The summed E-state index contributed by atoms with van der Waals surface area (Å²) in [4.78, 5) is 17.6. The molecule has 1 heterocycles. The Labute approximate surface area is 181 Å². The van der Waals surface area contributed by atoms with Crippen LogP contribution in [0.15, 0.2) is 53.6 Å². The van der Waals surface area contributed by atoms with Crippen LogP contribution >= 0.6 is 22.9 Å². The fourth-order valence-corrected chi connectivity index (χ4v) is 4.24. The number of hydrogen-bond donors (Lipinski definition) is 2. The summed E-state index contributed by atoms with van der Waals surface area (Å²) < 4.78 is 45.1. The highest BCUT2D eigenvalue weighted by molar-refractivity contribution is 7.89. The number of nitrogens with one attached hydrogen (secondary N) is 2. The Balaban J connectivity index is 1.72. The van der Waals surface area contributed by atoms with E-state index in [2.05, 4.69) is 15.0 Å². The van der Waals surface area contributed by atoms with Gasteiger partial charge in [-0.15, -0.1) is 0 Å². The molecule has 2 amide bonds. The third kappa shape index (κ3) is 5.05. The number of ether oxygens (including phenoxy) is 1. The van der Waals surface area contributed by atoms with E-state index >= 15 is 0 Å². The number of benzene rings is 2. The molecule has 158 valence electrons. The molecule has 0 radical (unpaired) electrons. The Kier molecular flexibility index (Phi) is 6.56. The van der Waals surface area contributed by atoms with Crippen LogP contribution in [0.2, 0.25) is 5.02 Å². The predicted molar refractivity (Wildman–Crippen MR) is 114 cm³/mol. The molecule has 0 fully saturated rings. The number of rotatable bonds is 6. The molecule has 0 aliphatic carbocycles. The first-order valence-electron chi connectivity index (χ1n) is 8.36. The third-order valence-electron chi connectivity index (χ3n) is 3.88. The summed E-state index contributed by atoms with van der Waals surface area (Å²) in [6.45, 7) is 0. The average molecular weight is 471 g/mol. The number of halogens is 2. The zero-order valence-electron chi connectivity index (χ0n) is 15.7. The second-order valence-electron chi connectivity index (χ2n) is 5.86. The van der Waals surface area contributed by atoms with Crippen LogP contribution < -0.4 is 19.7 Å². The first kappa shape index (κ1) is 22.0. The van der Waals surface area contributed by atoms with Gasteiger partial charge in [-0.25, -0.2) is 27.3 Å². The van der Waals surface area contributed by atoms with Gasteiger partial charge in [-0.3, -0.25) is 10.2 Å². The maximum atomic E-state index is 13.2. The fourth-order valence-electron chi connectivity index (χ4n) is 2.32. The minimum absolute atomic E-state index is 0.0287. The summed E-state index contributed by atoms with van der Waals surface area (Å²) in [6, 6.07) is 9.25. The first-order valence-corrected chi connectivity index (χ1v) is 11.0. The van der Waals surface area contributed by atoms with Gasteiger partial charge in [0, 0.05) is 18.8 Å². The van der Waals surface area contributed by atoms with Crippen LogP contribution in [0, 0.1) is 5.82 Å². The monoisotopic (exact) mass is 470 g/mol. The zero-order valence-corrected chi connectivity index (χ0v) is 18.1. The molecule has 0 bridgehead atoms. The van der Waals surface area contributed by atoms with Crippen molar-refractivity contribution in [1.29, 1.82) is 0 Å². The maximum absolute atomic E-state index is 13.2. The molecule has 8 nitrogen and oxygen atoms in total. The van der Waals surface area contributed by atoms with E-state index in [1.54, 1.807) is 6.07 Å². The van der Waals surface area contributed by atoms with E-state index in [4.69, 9.17) is 16.3 Å². The van der Waals surface area contributed by atoms with Gasteiger partial charge in [0.05, 0.1) is 11.2 Å². The van der Waals surface area contributed by atoms with E-state index in [-0.39, 0.29) is 15.0 Å². The lowest BCUT2D eigenvalue weighted by Gasteiger charge is -2.18. The number of hydrogen-bond acceptors (Lipinski definition) is 6. The summed E-state index contributed by atoms with van der Waals surface area (Å²) in [5, 5.41) is 3.22. The average Bonchev–Trinajstić information content (AvgIpc) is 3.14. The molecule has 0 saturated carbocycles. The van der Waals surface area contributed by atoms with Crippen molar-refractivity contribution in [1.82, 2.24) is 9.71 Å². The quantitative estimate of drug-likeness (QED) is 0.559. The summed E-state index contributed by atoms with van der Waals surface area (Å²) in [6.07, 6.45) is 1.39. The molecule has 3 rings (SSSR count). The van der Waals surface area contributed by atoms with Crippen LogP contribution in [0.3, 0.4) is 0 Å². The topological polar surface area (TPSA) is 101 Å². The van der Waals surface area contributed by atoms with Crippen molar-refractivity contribution < 1.29 is 22.3 Å². The van der Waals surface area contributed by atoms with Gasteiger partial charge in [0.2, 0.25) is 15.1 Å². The summed E-state index contributed by atoms with van der Waals surface area (Å²) >= 11 is 7.02. The molecular formula is C18H16ClFN4O4S2. The van der Waals surface area contributed by atoms with E-state index in [0.717, 1.165) is 11.3 Å². The van der Waals surface area contributed by atoms with Crippen LogP contribution in [0.25, 0.3) is 0 Å². The van der Waals surface area contributed by atoms with E-state index in [1.165, 1.54) is 61.6 Å². The zero-order chi connectivity index (χ0) is 21.9. The van der Waals surface area contributed by atoms with Gasteiger partial charge in [-0.05, 0) is 37.4 Å². The Bertz CT molecular complexity index is 1190. The summed E-state index contributed by atoms with van der Waals surface area (Å²) in [5.74, 6) is -0.136. The van der Waals surface area contributed by atoms with E-state index in [0.29, 0.717) is 16.5 Å². The number of nitrogens with zero attached hydrogens (tertiary/aromatic N) is 2. The number of sulfonamides is 1. The molecule has 0 aliphatic rings. The molecule has 0 saturated heterocycles. The minimum atomic E-state index is -3.79. The minimum Gasteiger partial charge on any atom is -0.445 e. The number of aromatic nitrogens is 1. The van der Waals surface area contributed by atoms with Gasteiger partial charge in [0.25, 0.3) is 0 Å². The molecule has 0 unspecified atom stereocenters. The van der Waals surface area contributed by atoms with Crippen LogP contribution in [0.5, 0.6) is 10.8 Å². The number of thiazole rings is 1. The second kappa shape index (κ2) is 8.96. The van der Waals surface area contributed by atoms with Crippen molar-refractivity contribution in [3.8, 4) is 10.8 Å². The van der Waals surface area contributed by atoms with E-state index < -0.39 is 21.9 Å². The molecular weight excluding hydrogens is 455 g/mol. The SMILES string of the molecule is CNS(=O)(=O)c1cc(N(C)C(=O)Nc2ncc(Oc3cccc(F)c3)s2)ccc1Cl. The van der Waals surface area contributed by atoms with Crippen LogP contribution in [0.4, 0.5) is 20.0 Å². The van der Waals surface area contributed by atoms with Gasteiger partial charge in [-0.1, -0.05) is 29.0 Å². The van der Waals surface area contributed by atoms with Gasteiger partial charge >= 0.3 is 6.03 Å². The van der Waals surface area contributed by atoms with Crippen molar-refractivity contribution >= 4 is 49.8 Å². The van der Waals surface area contributed by atoms with Crippen LogP contribution in [0.1, 0.15) is 0 Å². The summed E-state index contributed by atoms with van der Waals surface area (Å²) in [7, 11) is -1.06. The predicted octanol–water partition coefficient (Wildman–Crippen LogP) is 4.30. The van der Waals surface area contributed by atoms with Gasteiger partial charge < -0.3 is 4.74 Å². The highest BCUT2D eigenvalue weighted by Gasteiger charge is 2.20. The van der Waals surface area contributed by atoms with E-state index in [1.807, 2.05) is 0 Å².